The first-order valence-electron chi connectivity index (χ1n) is 6.78. The van der Waals surface area contributed by atoms with E-state index in [-0.39, 0.29) is 11.9 Å². The van der Waals surface area contributed by atoms with Crippen LogP contribution in [0.2, 0.25) is 0 Å². The van der Waals surface area contributed by atoms with Crippen molar-refractivity contribution in [1.82, 2.24) is 0 Å². The van der Waals surface area contributed by atoms with Crippen molar-refractivity contribution in [2.45, 2.75) is 60.0 Å². The summed E-state index contributed by atoms with van der Waals surface area (Å²) < 4.78 is 10.1. The highest BCUT2D eigenvalue weighted by molar-refractivity contribution is 5.79. The fourth-order valence-electron chi connectivity index (χ4n) is 1.45. The Morgan fingerprint density at radius 1 is 1.11 bits per heavy atom. The molecule has 0 fully saturated rings. The molecule has 2 unspecified atom stereocenters. The first-order chi connectivity index (χ1) is 8.42. The predicted molar refractivity (Wildman–Crippen MR) is 70.0 cm³/mol. The molecule has 4 nitrogen and oxygen atoms in total. The minimum absolute atomic E-state index is 0.0726. The van der Waals surface area contributed by atoms with Gasteiger partial charge in [0.25, 0.3) is 0 Å². The molecule has 18 heavy (non-hydrogen) atoms. The second-order valence-corrected chi connectivity index (χ2v) is 4.96. The topological polar surface area (TPSA) is 52.6 Å². The smallest absolute Gasteiger partial charge is 0.347 e. The molecule has 0 aromatic rings. The van der Waals surface area contributed by atoms with Crippen molar-refractivity contribution in [3.8, 4) is 0 Å². The molecule has 0 aromatic carbocycles. The summed E-state index contributed by atoms with van der Waals surface area (Å²) in [4.78, 5) is 23.3. The predicted octanol–water partition coefficient (Wildman–Crippen LogP) is 2.94. The molecule has 0 bridgehead atoms. The summed E-state index contributed by atoms with van der Waals surface area (Å²) in [7, 11) is 0. The van der Waals surface area contributed by atoms with Gasteiger partial charge in [-0.2, -0.15) is 0 Å². The van der Waals surface area contributed by atoms with Crippen LogP contribution >= 0.6 is 0 Å². The van der Waals surface area contributed by atoms with Gasteiger partial charge in [0.15, 0.2) is 0 Å². The van der Waals surface area contributed by atoms with E-state index in [1.165, 1.54) is 0 Å². The number of rotatable bonds is 8. The highest BCUT2D eigenvalue weighted by atomic mass is 16.6. The van der Waals surface area contributed by atoms with Gasteiger partial charge in [-0.3, -0.25) is 4.79 Å². The molecule has 4 heteroatoms. The van der Waals surface area contributed by atoms with Gasteiger partial charge in [-0.05, 0) is 19.3 Å². The van der Waals surface area contributed by atoms with Crippen molar-refractivity contribution in [2.75, 3.05) is 6.61 Å². The van der Waals surface area contributed by atoms with Gasteiger partial charge >= 0.3 is 11.9 Å². The normalized spacial score (nSPS) is 14.1. The van der Waals surface area contributed by atoms with Gasteiger partial charge in [0.05, 0.1) is 6.61 Å². The molecule has 2 atom stereocenters. The molecule has 106 valence electrons. The summed E-state index contributed by atoms with van der Waals surface area (Å²) in [5.74, 6) is -0.347. The third-order valence-electron chi connectivity index (χ3n) is 2.92. The Bertz CT molecular complexity index is 261. The maximum Gasteiger partial charge on any atom is 0.347 e. The van der Waals surface area contributed by atoms with Gasteiger partial charge < -0.3 is 9.47 Å². The number of carbonyl (C=O) groups excluding carboxylic acids is 2. The van der Waals surface area contributed by atoms with E-state index in [0.29, 0.717) is 18.9 Å². The molecular weight excluding hydrogens is 232 g/mol. The van der Waals surface area contributed by atoms with Crippen LogP contribution in [0.3, 0.4) is 0 Å². The SMILES string of the molecule is CCOC(=O)C(OC(=O)CCC(C)CC)C(C)C. The third-order valence-corrected chi connectivity index (χ3v) is 2.92. The van der Waals surface area contributed by atoms with E-state index in [0.717, 1.165) is 12.8 Å². The summed E-state index contributed by atoms with van der Waals surface area (Å²) in [6.07, 6.45) is 1.41. The molecule has 0 heterocycles. The van der Waals surface area contributed by atoms with Crippen LogP contribution in [0.1, 0.15) is 53.9 Å². The largest absolute Gasteiger partial charge is 0.463 e. The molecule has 0 aromatic heterocycles. The Labute approximate surface area is 110 Å². The molecular formula is C14H26O4. The van der Waals surface area contributed by atoms with Crippen molar-refractivity contribution in [2.24, 2.45) is 11.8 Å². The van der Waals surface area contributed by atoms with E-state index < -0.39 is 12.1 Å². The Hall–Kier alpha value is -1.06. The van der Waals surface area contributed by atoms with E-state index in [4.69, 9.17) is 9.47 Å². The van der Waals surface area contributed by atoms with Gasteiger partial charge in [0.1, 0.15) is 0 Å². The lowest BCUT2D eigenvalue weighted by Gasteiger charge is -2.19. The molecule has 0 amide bonds. The van der Waals surface area contributed by atoms with Crippen molar-refractivity contribution in [3.05, 3.63) is 0 Å². The fraction of sp³-hybridized carbons (Fsp3) is 0.857. The minimum atomic E-state index is -0.783. The molecule has 0 rings (SSSR count). The van der Waals surface area contributed by atoms with Gasteiger partial charge in [-0.15, -0.1) is 0 Å². The standard InChI is InChI=1S/C14H26O4/c1-6-11(5)8-9-12(15)18-13(10(3)4)14(16)17-7-2/h10-11,13H,6-9H2,1-5H3. The van der Waals surface area contributed by atoms with E-state index in [9.17, 15) is 9.59 Å². The number of hydrogen-bond acceptors (Lipinski definition) is 4. The zero-order valence-electron chi connectivity index (χ0n) is 12.2. The van der Waals surface area contributed by atoms with Crippen molar-refractivity contribution >= 4 is 11.9 Å². The summed E-state index contributed by atoms with van der Waals surface area (Å²) in [6, 6.07) is 0. The molecule has 0 aliphatic carbocycles. The van der Waals surface area contributed by atoms with E-state index in [1.54, 1.807) is 6.92 Å². The second kappa shape index (κ2) is 8.95. The van der Waals surface area contributed by atoms with Crippen molar-refractivity contribution < 1.29 is 19.1 Å². The molecule has 0 saturated heterocycles. The molecule has 0 aliphatic heterocycles. The molecule has 0 spiro atoms. The van der Waals surface area contributed by atoms with Crippen LogP contribution in [-0.4, -0.2) is 24.6 Å². The van der Waals surface area contributed by atoms with Crippen molar-refractivity contribution in [3.63, 3.8) is 0 Å². The van der Waals surface area contributed by atoms with Crippen LogP contribution in [0.5, 0.6) is 0 Å². The second-order valence-electron chi connectivity index (χ2n) is 4.96. The average molecular weight is 258 g/mol. The maximum absolute atomic E-state index is 11.7. The zero-order chi connectivity index (χ0) is 14.1. The van der Waals surface area contributed by atoms with Crippen LogP contribution in [0, 0.1) is 11.8 Å². The van der Waals surface area contributed by atoms with Gasteiger partial charge in [-0.25, -0.2) is 4.79 Å². The van der Waals surface area contributed by atoms with E-state index >= 15 is 0 Å². The monoisotopic (exact) mass is 258 g/mol. The highest BCUT2D eigenvalue weighted by Gasteiger charge is 2.27. The Morgan fingerprint density at radius 3 is 2.17 bits per heavy atom. The quantitative estimate of drug-likeness (QED) is 0.628. The Kier molecular flexibility index (Phi) is 8.42. The number of carbonyl (C=O) groups is 2. The summed E-state index contributed by atoms with van der Waals surface area (Å²) in [5, 5.41) is 0. The van der Waals surface area contributed by atoms with Gasteiger partial charge in [0.2, 0.25) is 6.10 Å². The first-order valence-corrected chi connectivity index (χ1v) is 6.78. The average Bonchev–Trinajstić information content (AvgIpc) is 2.32. The molecule has 0 N–H and O–H groups in total. The van der Waals surface area contributed by atoms with Crippen LogP contribution in [0.25, 0.3) is 0 Å². The van der Waals surface area contributed by atoms with Gasteiger partial charge in [0, 0.05) is 12.3 Å². The van der Waals surface area contributed by atoms with Crippen LogP contribution in [0.15, 0.2) is 0 Å². The Balaban J connectivity index is 4.24. The summed E-state index contributed by atoms with van der Waals surface area (Å²) in [6.45, 7) is 9.89. The maximum atomic E-state index is 11.7. The number of ether oxygens (including phenoxy) is 2. The summed E-state index contributed by atoms with van der Waals surface area (Å²) >= 11 is 0. The zero-order valence-corrected chi connectivity index (χ0v) is 12.2. The van der Waals surface area contributed by atoms with Crippen LogP contribution < -0.4 is 0 Å². The fourth-order valence-corrected chi connectivity index (χ4v) is 1.45. The summed E-state index contributed by atoms with van der Waals surface area (Å²) in [5.41, 5.74) is 0. The van der Waals surface area contributed by atoms with E-state index in [2.05, 4.69) is 13.8 Å². The lowest BCUT2D eigenvalue weighted by Crippen LogP contribution is -2.33. The lowest BCUT2D eigenvalue weighted by molar-refractivity contribution is -0.170. The molecule has 0 saturated carbocycles. The molecule has 0 radical (unpaired) electrons. The number of hydrogen-bond donors (Lipinski definition) is 0. The van der Waals surface area contributed by atoms with Crippen LogP contribution in [-0.2, 0) is 19.1 Å². The van der Waals surface area contributed by atoms with Gasteiger partial charge in [-0.1, -0.05) is 34.1 Å². The van der Waals surface area contributed by atoms with E-state index in [1.807, 2.05) is 13.8 Å². The highest BCUT2D eigenvalue weighted by Crippen LogP contribution is 2.14. The van der Waals surface area contributed by atoms with Crippen molar-refractivity contribution in [1.29, 1.82) is 0 Å². The first kappa shape index (κ1) is 16.9. The van der Waals surface area contributed by atoms with Crippen LogP contribution in [0.4, 0.5) is 0 Å². The third kappa shape index (κ3) is 6.62. The minimum Gasteiger partial charge on any atom is -0.463 e. The Morgan fingerprint density at radius 2 is 1.72 bits per heavy atom. The number of esters is 2. The lowest BCUT2D eigenvalue weighted by atomic mass is 10.0. The molecule has 0 aliphatic rings.